The number of phenolic OH excluding ortho intramolecular Hbond substituents is 1. The Morgan fingerprint density at radius 2 is 1.64 bits per heavy atom. The molecule has 0 amide bonds. The van der Waals surface area contributed by atoms with Crippen molar-refractivity contribution in [3.63, 3.8) is 0 Å². The fraction of sp³-hybridized carbons (Fsp3) is 0.154. The minimum absolute atomic E-state index is 0.124. The van der Waals surface area contributed by atoms with Gasteiger partial charge in [-0.25, -0.2) is 0 Å². The van der Waals surface area contributed by atoms with E-state index >= 15 is 0 Å². The van der Waals surface area contributed by atoms with Crippen LogP contribution >= 0.6 is 12.2 Å². The first-order chi connectivity index (χ1) is 16.0. The van der Waals surface area contributed by atoms with Crippen LogP contribution in [0.1, 0.15) is 23.5 Å². The lowest BCUT2D eigenvalue weighted by atomic mass is 10.0. The van der Waals surface area contributed by atoms with Gasteiger partial charge in [-0.2, -0.15) is 0 Å². The van der Waals surface area contributed by atoms with Gasteiger partial charge in [0.15, 0.2) is 5.11 Å². The van der Waals surface area contributed by atoms with Crippen molar-refractivity contribution in [1.29, 1.82) is 0 Å². The molecule has 0 bridgehead atoms. The molecule has 1 fully saturated rings. The zero-order chi connectivity index (χ0) is 22.9. The molecular formula is C26H25N5OS. The molecule has 2 aromatic carbocycles. The number of nitrogens with one attached hydrogen (secondary N) is 1. The second-order valence-electron chi connectivity index (χ2n) is 8.23. The molecule has 1 aliphatic rings. The number of benzene rings is 2. The number of anilines is 2. The van der Waals surface area contributed by atoms with Crippen LogP contribution in [0.2, 0.25) is 0 Å². The lowest BCUT2D eigenvalue weighted by Gasteiger charge is -2.29. The Morgan fingerprint density at radius 3 is 2.30 bits per heavy atom. The Kier molecular flexibility index (Phi) is 5.48. The monoisotopic (exact) mass is 455 g/mol. The van der Waals surface area contributed by atoms with E-state index in [2.05, 4.69) is 55.0 Å². The number of thiocarbonyl (C=S) groups is 1. The van der Waals surface area contributed by atoms with Crippen LogP contribution in [-0.4, -0.2) is 33.9 Å². The first-order valence-corrected chi connectivity index (χ1v) is 11.2. The predicted octanol–water partition coefficient (Wildman–Crippen LogP) is 4.82. The predicted molar refractivity (Wildman–Crippen MR) is 136 cm³/mol. The van der Waals surface area contributed by atoms with Crippen molar-refractivity contribution in [2.45, 2.75) is 12.1 Å². The van der Waals surface area contributed by atoms with Crippen molar-refractivity contribution in [1.82, 2.24) is 14.9 Å². The molecule has 4 aromatic rings. The minimum atomic E-state index is -0.127. The summed E-state index contributed by atoms with van der Waals surface area (Å²) in [7, 11) is 4.06. The topological polar surface area (TPSA) is 56.6 Å². The molecular weight excluding hydrogens is 430 g/mol. The first kappa shape index (κ1) is 21.0. The fourth-order valence-electron chi connectivity index (χ4n) is 4.33. The lowest BCUT2D eigenvalue weighted by molar-refractivity contribution is 0.475. The number of nitrogens with zero attached hydrogens (tertiary/aromatic N) is 4. The number of hydrogen-bond donors (Lipinski definition) is 2. The normalized spacial score (nSPS) is 17.8. The molecule has 2 atom stereocenters. The molecule has 166 valence electrons. The summed E-state index contributed by atoms with van der Waals surface area (Å²) in [6.07, 6.45) is 3.84. The van der Waals surface area contributed by atoms with E-state index in [0.717, 1.165) is 28.5 Å². The number of phenols is 1. The Balaban J connectivity index is 1.63. The van der Waals surface area contributed by atoms with Gasteiger partial charge in [0.25, 0.3) is 0 Å². The average Bonchev–Trinajstić information content (AvgIpc) is 3.44. The first-order valence-electron chi connectivity index (χ1n) is 10.8. The van der Waals surface area contributed by atoms with Crippen molar-refractivity contribution in [2.24, 2.45) is 0 Å². The Morgan fingerprint density at radius 1 is 0.909 bits per heavy atom. The van der Waals surface area contributed by atoms with Crippen molar-refractivity contribution in [3.05, 3.63) is 103 Å². The highest BCUT2D eigenvalue weighted by molar-refractivity contribution is 7.80. The van der Waals surface area contributed by atoms with Gasteiger partial charge in [0, 0.05) is 49.2 Å². The maximum Gasteiger partial charge on any atom is 0.174 e. The van der Waals surface area contributed by atoms with Gasteiger partial charge in [-0.3, -0.25) is 4.98 Å². The summed E-state index contributed by atoms with van der Waals surface area (Å²) in [5.41, 5.74) is 5.10. The van der Waals surface area contributed by atoms with Crippen LogP contribution in [0.25, 0.3) is 5.69 Å². The lowest BCUT2D eigenvalue weighted by Crippen LogP contribution is -2.30. The Bertz CT molecular complexity index is 1250. The molecule has 33 heavy (non-hydrogen) atoms. The van der Waals surface area contributed by atoms with Gasteiger partial charge in [-0.15, -0.1) is 0 Å². The molecule has 2 aromatic heterocycles. The van der Waals surface area contributed by atoms with E-state index in [4.69, 9.17) is 12.2 Å². The largest absolute Gasteiger partial charge is 0.508 e. The maximum absolute atomic E-state index is 9.76. The van der Waals surface area contributed by atoms with Crippen LogP contribution in [0, 0.1) is 0 Å². The molecule has 0 unspecified atom stereocenters. The van der Waals surface area contributed by atoms with Gasteiger partial charge in [0.1, 0.15) is 11.8 Å². The SMILES string of the molecule is CN(C)c1ccc(N2C(=S)N[C@H](c3ccccn3)[C@@H]2c2cccn2-c2ccc(O)cc2)cc1. The molecule has 2 N–H and O–H groups in total. The van der Waals surface area contributed by atoms with Crippen molar-refractivity contribution in [2.75, 3.05) is 23.9 Å². The van der Waals surface area contributed by atoms with Gasteiger partial charge in [-0.05, 0) is 85.0 Å². The number of rotatable bonds is 5. The van der Waals surface area contributed by atoms with Gasteiger partial charge < -0.3 is 24.8 Å². The molecule has 5 rings (SSSR count). The molecule has 0 spiro atoms. The van der Waals surface area contributed by atoms with Crippen LogP contribution in [-0.2, 0) is 0 Å². The quantitative estimate of drug-likeness (QED) is 0.421. The molecule has 0 radical (unpaired) electrons. The number of pyridine rings is 1. The highest BCUT2D eigenvalue weighted by Crippen LogP contribution is 2.42. The van der Waals surface area contributed by atoms with Gasteiger partial charge in [-0.1, -0.05) is 6.07 Å². The van der Waals surface area contributed by atoms with Gasteiger partial charge in [0.2, 0.25) is 0 Å². The summed E-state index contributed by atoms with van der Waals surface area (Å²) < 4.78 is 2.14. The Labute approximate surface area is 198 Å². The van der Waals surface area contributed by atoms with Crippen LogP contribution in [0.4, 0.5) is 11.4 Å². The molecule has 0 saturated carbocycles. The minimum Gasteiger partial charge on any atom is -0.508 e. The van der Waals surface area contributed by atoms with E-state index in [1.807, 2.05) is 62.9 Å². The van der Waals surface area contributed by atoms with E-state index in [1.165, 1.54) is 0 Å². The van der Waals surface area contributed by atoms with Crippen molar-refractivity contribution < 1.29 is 5.11 Å². The molecule has 1 aliphatic heterocycles. The zero-order valence-corrected chi connectivity index (χ0v) is 19.3. The van der Waals surface area contributed by atoms with Crippen LogP contribution in [0.15, 0.2) is 91.3 Å². The van der Waals surface area contributed by atoms with Gasteiger partial charge >= 0.3 is 0 Å². The number of aromatic nitrogens is 2. The molecule has 3 heterocycles. The standard InChI is InChI=1S/C26H25N5OS/c1-29(2)18-8-10-20(11-9-18)31-25(24(28-26(31)33)22-6-3-4-16-27-22)23-7-5-17-30(23)19-12-14-21(32)15-13-19/h3-17,24-25,32H,1-2H3,(H,28,33)/t24-,25+/m1/s1. The summed E-state index contributed by atoms with van der Waals surface area (Å²) >= 11 is 5.85. The molecule has 0 aliphatic carbocycles. The highest BCUT2D eigenvalue weighted by Gasteiger charge is 2.42. The van der Waals surface area contributed by atoms with Gasteiger partial charge in [0.05, 0.1) is 11.7 Å². The fourth-order valence-corrected chi connectivity index (χ4v) is 4.67. The van der Waals surface area contributed by atoms with Crippen LogP contribution in [0.3, 0.4) is 0 Å². The van der Waals surface area contributed by atoms with E-state index in [1.54, 1.807) is 12.1 Å². The molecule has 1 saturated heterocycles. The highest BCUT2D eigenvalue weighted by atomic mass is 32.1. The summed E-state index contributed by atoms with van der Waals surface area (Å²) in [5.74, 6) is 0.241. The number of hydrogen-bond acceptors (Lipinski definition) is 4. The third-order valence-electron chi connectivity index (χ3n) is 5.95. The number of aromatic hydroxyl groups is 1. The van der Waals surface area contributed by atoms with Crippen LogP contribution in [0.5, 0.6) is 5.75 Å². The molecule has 7 heteroatoms. The van der Waals surface area contributed by atoms with E-state index in [9.17, 15) is 5.11 Å². The summed E-state index contributed by atoms with van der Waals surface area (Å²) in [6, 6.07) is 25.5. The smallest absolute Gasteiger partial charge is 0.174 e. The Hall–Kier alpha value is -3.84. The van der Waals surface area contributed by atoms with Crippen molar-refractivity contribution >= 4 is 28.7 Å². The molecule has 6 nitrogen and oxygen atoms in total. The van der Waals surface area contributed by atoms with Crippen LogP contribution < -0.4 is 15.1 Å². The average molecular weight is 456 g/mol. The van der Waals surface area contributed by atoms with E-state index in [-0.39, 0.29) is 17.8 Å². The maximum atomic E-state index is 9.76. The van der Waals surface area contributed by atoms with E-state index < -0.39 is 0 Å². The summed E-state index contributed by atoms with van der Waals surface area (Å²) in [6.45, 7) is 0. The summed E-state index contributed by atoms with van der Waals surface area (Å²) in [5, 5.41) is 13.9. The zero-order valence-electron chi connectivity index (χ0n) is 18.5. The summed E-state index contributed by atoms with van der Waals surface area (Å²) in [4.78, 5) is 8.88. The second-order valence-corrected chi connectivity index (χ2v) is 8.61. The third-order valence-corrected chi connectivity index (χ3v) is 6.27. The third kappa shape index (κ3) is 3.91. The van der Waals surface area contributed by atoms with Crippen molar-refractivity contribution in [3.8, 4) is 11.4 Å². The van der Waals surface area contributed by atoms with E-state index in [0.29, 0.717) is 5.11 Å². The second kappa shape index (κ2) is 8.60.